The first-order valence-electron chi connectivity index (χ1n) is 8.69. The van der Waals surface area contributed by atoms with Crippen LogP contribution in [0.4, 0.5) is 0 Å². The lowest BCUT2D eigenvalue weighted by molar-refractivity contribution is -0.154. The molecule has 23 heavy (non-hydrogen) atoms. The Kier molecular flexibility index (Phi) is 5.22. The Morgan fingerprint density at radius 2 is 1.91 bits per heavy atom. The van der Waals surface area contributed by atoms with Gasteiger partial charge in [0.25, 0.3) is 0 Å². The molecule has 1 fully saturated rings. The molecule has 4 heteroatoms. The minimum absolute atomic E-state index is 0.184. The molecule has 0 bridgehead atoms. The third-order valence-corrected chi connectivity index (χ3v) is 4.12. The van der Waals surface area contributed by atoms with E-state index in [0.717, 1.165) is 17.4 Å². The van der Waals surface area contributed by atoms with Gasteiger partial charge in [0.1, 0.15) is 11.4 Å². The predicted octanol–water partition coefficient (Wildman–Crippen LogP) is 4.88. The van der Waals surface area contributed by atoms with Gasteiger partial charge in [0.2, 0.25) is 0 Å². The van der Waals surface area contributed by atoms with Gasteiger partial charge in [-0.25, -0.2) is 0 Å². The van der Waals surface area contributed by atoms with Crippen LogP contribution in [0.2, 0.25) is 0 Å². The standard InChI is InChI=1S/C19H31NO3/c1-18(2,3)12-13-9-14(10-13)16-11-15(20-23-16)7-8-17(21)22-19(4,5)6/h11,13-14H,7-10,12H2,1-6H3/t13-,14+. The first-order valence-corrected chi connectivity index (χ1v) is 8.69. The summed E-state index contributed by atoms with van der Waals surface area (Å²) < 4.78 is 10.8. The number of carbonyl (C=O) groups excluding carboxylic acids is 1. The minimum Gasteiger partial charge on any atom is -0.460 e. The molecule has 0 saturated heterocycles. The van der Waals surface area contributed by atoms with Crippen molar-refractivity contribution in [3.8, 4) is 0 Å². The molecule has 2 rings (SSSR count). The maximum absolute atomic E-state index is 11.7. The van der Waals surface area contributed by atoms with E-state index in [1.54, 1.807) is 0 Å². The van der Waals surface area contributed by atoms with Gasteiger partial charge in [0, 0.05) is 18.4 Å². The fourth-order valence-electron chi connectivity index (χ4n) is 3.26. The number of hydrogen-bond acceptors (Lipinski definition) is 4. The molecule has 0 spiro atoms. The number of esters is 1. The number of rotatable bonds is 5. The molecule has 0 atom stereocenters. The number of carbonyl (C=O) groups is 1. The van der Waals surface area contributed by atoms with Crippen LogP contribution in [0.15, 0.2) is 10.6 Å². The fourth-order valence-corrected chi connectivity index (χ4v) is 3.26. The topological polar surface area (TPSA) is 52.3 Å². The van der Waals surface area contributed by atoms with Crippen LogP contribution in [0.25, 0.3) is 0 Å². The highest BCUT2D eigenvalue weighted by atomic mass is 16.6. The Bertz CT molecular complexity index is 528. The zero-order chi connectivity index (χ0) is 17.3. The Morgan fingerprint density at radius 1 is 1.26 bits per heavy atom. The van der Waals surface area contributed by atoms with Crippen molar-refractivity contribution in [1.29, 1.82) is 0 Å². The van der Waals surface area contributed by atoms with E-state index in [9.17, 15) is 4.79 Å². The van der Waals surface area contributed by atoms with Crippen LogP contribution in [0.5, 0.6) is 0 Å². The smallest absolute Gasteiger partial charge is 0.306 e. The minimum atomic E-state index is -0.430. The van der Waals surface area contributed by atoms with Crippen molar-refractivity contribution in [2.75, 3.05) is 0 Å². The molecule has 0 unspecified atom stereocenters. The molecule has 0 radical (unpaired) electrons. The zero-order valence-electron chi connectivity index (χ0n) is 15.4. The van der Waals surface area contributed by atoms with Gasteiger partial charge in [-0.2, -0.15) is 0 Å². The highest BCUT2D eigenvalue weighted by Crippen LogP contribution is 2.46. The lowest BCUT2D eigenvalue weighted by Gasteiger charge is -2.37. The Morgan fingerprint density at radius 3 is 2.48 bits per heavy atom. The summed E-state index contributed by atoms with van der Waals surface area (Å²) in [5.74, 6) is 2.10. The second kappa shape index (κ2) is 6.66. The molecular formula is C19H31NO3. The predicted molar refractivity (Wildman–Crippen MR) is 90.2 cm³/mol. The van der Waals surface area contributed by atoms with Gasteiger partial charge < -0.3 is 9.26 Å². The summed E-state index contributed by atoms with van der Waals surface area (Å²) in [6, 6.07) is 2.02. The molecule has 1 aliphatic carbocycles. The average molecular weight is 321 g/mol. The van der Waals surface area contributed by atoms with E-state index in [1.807, 2.05) is 26.8 Å². The first kappa shape index (κ1) is 18.0. The van der Waals surface area contributed by atoms with Gasteiger partial charge in [-0.05, 0) is 51.4 Å². The molecule has 130 valence electrons. The van der Waals surface area contributed by atoms with E-state index in [1.165, 1.54) is 19.3 Å². The van der Waals surface area contributed by atoms with E-state index in [4.69, 9.17) is 9.26 Å². The van der Waals surface area contributed by atoms with E-state index in [2.05, 4.69) is 25.9 Å². The lowest BCUT2D eigenvalue weighted by Crippen LogP contribution is -2.25. The first-order chi connectivity index (χ1) is 10.5. The monoisotopic (exact) mass is 321 g/mol. The average Bonchev–Trinajstić information content (AvgIpc) is 2.75. The van der Waals surface area contributed by atoms with Crippen molar-refractivity contribution >= 4 is 5.97 Å². The van der Waals surface area contributed by atoms with Crippen molar-refractivity contribution in [3.63, 3.8) is 0 Å². The van der Waals surface area contributed by atoms with Crippen LogP contribution in [0.1, 0.15) is 84.6 Å². The molecule has 4 nitrogen and oxygen atoms in total. The highest BCUT2D eigenvalue weighted by molar-refractivity contribution is 5.70. The largest absolute Gasteiger partial charge is 0.460 e. The SMILES string of the molecule is CC(C)(C)C[C@H]1C[C@@H](c2cc(CCC(=O)OC(C)(C)C)no2)C1. The van der Waals surface area contributed by atoms with Gasteiger partial charge in [0.15, 0.2) is 0 Å². The van der Waals surface area contributed by atoms with E-state index in [-0.39, 0.29) is 5.97 Å². The van der Waals surface area contributed by atoms with Crippen molar-refractivity contribution in [1.82, 2.24) is 5.16 Å². The fraction of sp³-hybridized carbons (Fsp3) is 0.789. The zero-order valence-corrected chi connectivity index (χ0v) is 15.4. The molecule has 1 heterocycles. The molecule has 0 N–H and O–H groups in total. The lowest BCUT2D eigenvalue weighted by atomic mass is 9.67. The van der Waals surface area contributed by atoms with Crippen molar-refractivity contribution in [3.05, 3.63) is 17.5 Å². The van der Waals surface area contributed by atoms with E-state index >= 15 is 0 Å². The van der Waals surface area contributed by atoms with Gasteiger partial charge in [-0.1, -0.05) is 25.9 Å². The van der Waals surface area contributed by atoms with Crippen molar-refractivity contribution in [2.45, 2.75) is 85.2 Å². The third-order valence-electron chi connectivity index (χ3n) is 4.12. The van der Waals surface area contributed by atoms with E-state index < -0.39 is 5.60 Å². The van der Waals surface area contributed by atoms with Crippen molar-refractivity contribution < 1.29 is 14.1 Å². The van der Waals surface area contributed by atoms with Crippen LogP contribution < -0.4 is 0 Å². The van der Waals surface area contributed by atoms with Crippen LogP contribution in [-0.2, 0) is 16.0 Å². The van der Waals surface area contributed by atoms with Crippen LogP contribution >= 0.6 is 0 Å². The molecule has 1 aromatic rings. The molecule has 1 saturated carbocycles. The molecular weight excluding hydrogens is 290 g/mol. The van der Waals surface area contributed by atoms with Gasteiger partial charge in [0.05, 0.1) is 12.1 Å². The number of nitrogens with zero attached hydrogens (tertiary/aromatic N) is 1. The summed E-state index contributed by atoms with van der Waals surface area (Å²) in [5, 5.41) is 4.10. The molecule has 0 aromatic carbocycles. The van der Waals surface area contributed by atoms with Crippen LogP contribution in [-0.4, -0.2) is 16.7 Å². The molecule has 1 aromatic heterocycles. The number of aryl methyl sites for hydroxylation is 1. The molecule has 0 aliphatic heterocycles. The summed E-state index contributed by atoms with van der Waals surface area (Å²) in [6.45, 7) is 12.5. The van der Waals surface area contributed by atoms with Crippen LogP contribution in [0.3, 0.4) is 0 Å². The second-order valence-electron chi connectivity index (χ2n) is 9.11. The summed E-state index contributed by atoms with van der Waals surface area (Å²) >= 11 is 0. The Balaban J connectivity index is 1.76. The van der Waals surface area contributed by atoms with Crippen molar-refractivity contribution in [2.24, 2.45) is 11.3 Å². The number of hydrogen-bond donors (Lipinski definition) is 0. The maximum Gasteiger partial charge on any atom is 0.306 e. The molecule has 0 amide bonds. The summed E-state index contributed by atoms with van der Waals surface area (Å²) in [6.07, 6.45) is 4.58. The second-order valence-corrected chi connectivity index (χ2v) is 9.11. The van der Waals surface area contributed by atoms with Gasteiger partial charge in [-0.3, -0.25) is 4.79 Å². The number of ether oxygens (including phenoxy) is 1. The Hall–Kier alpha value is -1.32. The van der Waals surface area contributed by atoms with Gasteiger partial charge >= 0.3 is 5.97 Å². The third kappa shape index (κ3) is 6.00. The van der Waals surface area contributed by atoms with Gasteiger partial charge in [-0.15, -0.1) is 0 Å². The summed E-state index contributed by atoms with van der Waals surface area (Å²) in [7, 11) is 0. The van der Waals surface area contributed by atoms with Crippen LogP contribution in [0, 0.1) is 11.3 Å². The van der Waals surface area contributed by atoms with E-state index in [0.29, 0.717) is 24.2 Å². The number of aromatic nitrogens is 1. The highest BCUT2D eigenvalue weighted by Gasteiger charge is 2.35. The molecule has 1 aliphatic rings. The normalized spacial score (nSPS) is 21.8. The summed E-state index contributed by atoms with van der Waals surface area (Å²) in [4.78, 5) is 11.7. The summed E-state index contributed by atoms with van der Waals surface area (Å²) in [5.41, 5.74) is 0.820. The quantitative estimate of drug-likeness (QED) is 0.725. The Labute approximate surface area is 140 Å². The maximum atomic E-state index is 11.7.